The van der Waals surface area contributed by atoms with Crippen molar-refractivity contribution in [1.82, 2.24) is 4.98 Å². The minimum Gasteiger partial charge on any atom is -0.377 e. The van der Waals surface area contributed by atoms with Crippen molar-refractivity contribution >= 4 is 5.82 Å². The van der Waals surface area contributed by atoms with Gasteiger partial charge >= 0.3 is 0 Å². The van der Waals surface area contributed by atoms with Gasteiger partial charge in [-0.25, -0.2) is 4.98 Å². The molecule has 1 atom stereocenters. The molecular weight excluding hydrogens is 226 g/mol. The fourth-order valence-corrected chi connectivity index (χ4v) is 2.42. The van der Waals surface area contributed by atoms with Crippen molar-refractivity contribution < 1.29 is 4.74 Å². The fourth-order valence-electron chi connectivity index (χ4n) is 2.42. The summed E-state index contributed by atoms with van der Waals surface area (Å²) in [5, 5.41) is 9.18. The maximum atomic E-state index is 9.18. The number of rotatable bonds is 2. The molecule has 1 aliphatic rings. The Kier molecular flexibility index (Phi) is 3.53. The number of hydrogen-bond donors (Lipinski definition) is 0. The van der Waals surface area contributed by atoms with Crippen molar-refractivity contribution in [3.8, 4) is 6.07 Å². The number of hydrogen-bond acceptors (Lipinski definition) is 4. The first-order valence-electron chi connectivity index (χ1n) is 6.26. The molecule has 0 spiro atoms. The lowest BCUT2D eigenvalue weighted by Crippen LogP contribution is -2.48. The zero-order valence-electron chi connectivity index (χ0n) is 11.2. The van der Waals surface area contributed by atoms with Crippen molar-refractivity contribution in [2.75, 3.05) is 25.1 Å². The standard InChI is InChI=1S/C14H19N3O/c1-11-5-6-12(9-15)13(16-11)17-8-4-7-14(2,10-17)18-3/h5-6H,4,7-8,10H2,1-3H3/t14-/m0/s1. The van der Waals surface area contributed by atoms with Gasteiger partial charge in [0, 0.05) is 25.9 Å². The van der Waals surface area contributed by atoms with Crippen LogP contribution in [0.1, 0.15) is 31.0 Å². The van der Waals surface area contributed by atoms with Gasteiger partial charge in [0.05, 0.1) is 11.2 Å². The van der Waals surface area contributed by atoms with Gasteiger partial charge in [-0.05, 0) is 38.8 Å². The number of aromatic nitrogens is 1. The first kappa shape index (κ1) is 12.8. The van der Waals surface area contributed by atoms with Crippen molar-refractivity contribution in [2.24, 2.45) is 0 Å². The second kappa shape index (κ2) is 4.95. The summed E-state index contributed by atoms with van der Waals surface area (Å²) in [5.74, 6) is 0.792. The van der Waals surface area contributed by atoms with E-state index in [0.717, 1.165) is 37.4 Å². The first-order chi connectivity index (χ1) is 8.58. The molecule has 96 valence electrons. The van der Waals surface area contributed by atoms with Gasteiger partial charge in [0.1, 0.15) is 11.9 Å². The van der Waals surface area contributed by atoms with Gasteiger partial charge in [0.2, 0.25) is 0 Å². The molecule has 0 N–H and O–H groups in total. The first-order valence-corrected chi connectivity index (χ1v) is 6.26. The number of piperidine rings is 1. The third-order valence-corrected chi connectivity index (χ3v) is 3.59. The van der Waals surface area contributed by atoms with Crippen molar-refractivity contribution in [3.05, 3.63) is 23.4 Å². The van der Waals surface area contributed by atoms with E-state index in [-0.39, 0.29) is 5.60 Å². The fraction of sp³-hybridized carbons (Fsp3) is 0.571. The van der Waals surface area contributed by atoms with E-state index in [2.05, 4.69) is 22.9 Å². The third kappa shape index (κ3) is 2.46. The molecule has 0 unspecified atom stereocenters. The highest BCUT2D eigenvalue weighted by Crippen LogP contribution is 2.28. The van der Waals surface area contributed by atoms with Gasteiger partial charge < -0.3 is 9.64 Å². The molecule has 1 saturated heterocycles. The minimum absolute atomic E-state index is 0.142. The predicted molar refractivity (Wildman–Crippen MR) is 70.6 cm³/mol. The van der Waals surface area contributed by atoms with Gasteiger partial charge in [-0.15, -0.1) is 0 Å². The normalized spacial score (nSPS) is 23.8. The van der Waals surface area contributed by atoms with Crippen LogP contribution in [0.5, 0.6) is 0 Å². The van der Waals surface area contributed by atoms with E-state index in [1.807, 2.05) is 19.1 Å². The summed E-state index contributed by atoms with van der Waals surface area (Å²) >= 11 is 0. The molecule has 0 bridgehead atoms. The van der Waals surface area contributed by atoms with E-state index in [0.29, 0.717) is 5.56 Å². The molecule has 1 aromatic rings. The maximum Gasteiger partial charge on any atom is 0.146 e. The summed E-state index contributed by atoms with van der Waals surface area (Å²) in [4.78, 5) is 6.68. The van der Waals surface area contributed by atoms with E-state index in [9.17, 15) is 5.26 Å². The number of nitrogens with zero attached hydrogens (tertiary/aromatic N) is 3. The van der Waals surface area contributed by atoms with Crippen LogP contribution in [0.25, 0.3) is 0 Å². The number of aryl methyl sites for hydroxylation is 1. The second-order valence-electron chi connectivity index (χ2n) is 5.11. The molecule has 4 nitrogen and oxygen atoms in total. The Morgan fingerprint density at radius 3 is 2.94 bits per heavy atom. The lowest BCUT2D eigenvalue weighted by molar-refractivity contribution is -0.00482. The Morgan fingerprint density at radius 1 is 1.50 bits per heavy atom. The van der Waals surface area contributed by atoms with Crippen LogP contribution in [-0.4, -0.2) is 30.8 Å². The van der Waals surface area contributed by atoms with Crippen molar-refractivity contribution in [3.63, 3.8) is 0 Å². The van der Waals surface area contributed by atoms with Gasteiger partial charge in [-0.2, -0.15) is 5.26 Å². The molecule has 4 heteroatoms. The van der Waals surface area contributed by atoms with Crippen molar-refractivity contribution in [2.45, 2.75) is 32.3 Å². The minimum atomic E-state index is -0.142. The summed E-state index contributed by atoms with van der Waals surface area (Å²) in [6.07, 6.45) is 2.11. The molecule has 0 aliphatic carbocycles. The molecule has 0 radical (unpaired) electrons. The highest BCUT2D eigenvalue weighted by Gasteiger charge is 2.32. The lowest BCUT2D eigenvalue weighted by Gasteiger charge is -2.40. The van der Waals surface area contributed by atoms with Crippen LogP contribution in [0.15, 0.2) is 12.1 Å². The van der Waals surface area contributed by atoms with E-state index >= 15 is 0 Å². The summed E-state index contributed by atoms with van der Waals surface area (Å²) in [6.45, 7) is 5.78. The monoisotopic (exact) mass is 245 g/mol. The summed E-state index contributed by atoms with van der Waals surface area (Å²) in [7, 11) is 1.75. The van der Waals surface area contributed by atoms with E-state index in [4.69, 9.17) is 4.74 Å². The van der Waals surface area contributed by atoms with Crippen LogP contribution in [0.4, 0.5) is 5.82 Å². The van der Waals surface area contributed by atoms with E-state index in [1.165, 1.54) is 0 Å². The Morgan fingerprint density at radius 2 is 2.28 bits per heavy atom. The van der Waals surface area contributed by atoms with Crippen LogP contribution in [-0.2, 0) is 4.74 Å². The Labute approximate surface area is 108 Å². The Balaban J connectivity index is 2.31. The molecule has 2 rings (SSSR count). The van der Waals surface area contributed by atoms with Crippen LogP contribution in [0.2, 0.25) is 0 Å². The number of pyridine rings is 1. The van der Waals surface area contributed by atoms with Crippen LogP contribution in [0, 0.1) is 18.3 Å². The number of anilines is 1. The Hall–Kier alpha value is -1.60. The van der Waals surface area contributed by atoms with Gasteiger partial charge in [-0.1, -0.05) is 0 Å². The molecule has 18 heavy (non-hydrogen) atoms. The molecule has 1 aromatic heterocycles. The predicted octanol–water partition coefficient (Wildman–Crippen LogP) is 2.27. The molecule has 2 heterocycles. The number of nitriles is 1. The zero-order valence-corrected chi connectivity index (χ0v) is 11.2. The third-order valence-electron chi connectivity index (χ3n) is 3.59. The van der Waals surface area contributed by atoms with Crippen LogP contribution >= 0.6 is 0 Å². The number of ether oxygens (including phenoxy) is 1. The van der Waals surface area contributed by atoms with Crippen LogP contribution < -0.4 is 4.90 Å². The maximum absolute atomic E-state index is 9.18. The molecular formula is C14H19N3O. The van der Waals surface area contributed by atoms with E-state index < -0.39 is 0 Å². The highest BCUT2D eigenvalue weighted by molar-refractivity contribution is 5.54. The zero-order chi connectivity index (χ0) is 13.2. The highest BCUT2D eigenvalue weighted by atomic mass is 16.5. The second-order valence-corrected chi connectivity index (χ2v) is 5.11. The molecule has 0 saturated carbocycles. The van der Waals surface area contributed by atoms with Gasteiger partial charge in [0.15, 0.2) is 0 Å². The topological polar surface area (TPSA) is 49.1 Å². The molecule has 0 amide bonds. The average molecular weight is 245 g/mol. The summed E-state index contributed by atoms with van der Waals surface area (Å²) in [6, 6.07) is 5.94. The smallest absolute Gasteiger partial charge is 0.146 e. The summed E-state index contributed by atoms with van der Waals surface area (Å²) < 4.78 is 5.58. The lowest BCUT2D eigenvalue weighted by atomic mass is 9.94. The largest absolute Gasteiger partial charge is 0.377 e. The van der Waals surface area contributed by atoms with Crippen LogP contribution in [0.3, 0.4) is 0 Å². The summed E-state index contributed by atoms with van der Waals surface area (Å²) in [5.41, 5.74) is 1.44. The van der Waals surface area contributed by atoms with Gasteiger partial charge in [0.25, 0.3) is 0 Å². The Bertz CT molecular complexity index is 480. The molecule has 1 aliphatic heterocycles. The molecule has 1 fully saturated rings. The van der Waals surface area contributed by atoms with Crippen molar-refractivity contribution in [1.29, 1.82) is 5.26 Å². The van der Waals surface area contributed by atoms with E-state index in [1.54, 1.807) is 7.11 Å². The SMILES string of the molecule is CO[C@@]1(C)CCCN(c2nc(C)ccc2C#N)C1. The molecule has 0 aromatic carbocycles. The average Bonchev–Trinajstić information content (AvgIpc) is 2.39. The number of methoxy groups -OCH3 is 1. The van der Waals surface area contributed by atoms with Gasteiger partial charge in [-0.3, -0.25) is 0 Å². The quantitative estimate of drug-likeness (QED) is 0.802.